The summed E-state index contributed by atoms with van der Waals surface area (Å²) in [4.78, 5) is 0. The Morgan fingerprint density at radius 3 is 0.681 bits per heavy atom. The summed E-state index contributed by atoms with van der Waals surface area (Å²) in [6.45, 7) is 40.0. The summed E-state index contributed by atoms with van der Waals surface area (Å²) in [5, 5.41) is 50.9. The van der Waals surface area contributed by atoms with Crippen LogP contribution in [-0.4, -0.2) is 22.8 Å². The summed E-state index contributed by atoms with van der Waals surface area (Å²) in [6.07, 6.45) is 0. The van der Waals surface area contributed by atoms with E-state index in [-0.39, 0.29) is 0 Å². The van der Waals surface area contributed by atoms with E-state index in [1.165, 1.54) is 260 Å². The molecule has 0 saturated heterocycles. The molecule has 5 nitrogen and oxygen atoms in total. The monoisotopic (exact) mass is 1880 g/mol. The van der Waals surface area contributed by atoms with Crippen molar-refractivity contribution in [1.82, 2.24) is 22.8 Å². The number of hydrogen-bond acceptors (Lipinski definition) is 0. The van der Waals surface area contributed by atoms with Gasteiger partial charge in [-0.25, -0.2) is 0 Å². The Bertz CT molecular complexity index is 9460. The largest absolute Gasteiger partial charge is 0.343 e. The summed E-state index contributed by atoms with van der Waals surface area (Å²) in [6, 6.07) is 145. The van der Waals surface area contributed by atoms with Crippen LogP contribution in [0.1, 0.15) is 138 Å². The number of hydrogen-bond donors (Lipinski definition) is 0. The van der Waals surface area contributed by atoms with E-state index in [0.29, 0.717) is 0 Å². The van der Waals surface area contributed by atoms with Crippen molar-refractivity contribution in [3.05, 3.63) is 400 Å². The van der Waals surface area contributed by atoms with E-state index in [2.05, 4.69) is 458 Å². The average molecular weight is 1880 g/mol. The van der Waals surface area contributed by atoms with Crippen molar-refractivity contribution in [2.45, 2.75) is 138 Å². The second-order valence-corrected chi connectivity index (χ2v) is 33.8. The number of benzene rings is 24. The van der Waals surface area contributed by atoms with E-state index >= 15 is 0 Å². The molecule has 0 aliphatic carbocycles. The van der Waals surface area contributed by atoms with Gasteiger partial charge in [0.05, 0.1) is 27.6 Å². The van der Waals surface area contributed by atoms with E-state index in [1.807, 2.05) is 138 Å². The minimum atomic E-state index is 1.29. The number of aryl methyl sites for hydroxylation is 5. The fraction of sp³-hybridized carbons (Fsp3) is 0.180. The van der Waals surface area contributed by atoms with Crippen molar-refractivity contribution in [3.63, 3.8) is 0 Å². The van der Waals surface area contributed by atoms with Crippen LogP contribution in [0.15, 0.2) is 400 Å². The van der Waals surface area contributed by atoms with Crippen LogP contribution in [-0.2, 0) is 35.2 Å². The lowest BCUT2D eigenvalue weighted by atomic mass is 9.91. The zero-order chi connectivity index (χ0) is 102. The molecule has 0 bridgehead atoms. The molecule has 24 aromatic carbocycles. The second kappa shape index (κ2) is 46.3. The molecule has 0 radical (unpaired) electrons. The molecule has 29 rings (SSSR count). The lowest BCUT2D eigenvalue weighted by molar-refractivity contribution is 1.02. The summed E-state index contributed by atoms with van der Waals surface area (Å²) in [5.41, 5.74) is 13.1. The molecule has 5 aromatic heterocycles. The molecule has 0 N–H and O–H groups in total. The quantitative estimate of drug-likeness (QED) is 0.107. The van der Waals surface area contributed by atoms with Crippen LogP contribution >= 0.6 is 0 Å². The van der Waals surface area contributed by atoms with E-state index < -0.39 is 0 Å². The predicted molar refractivity (Wildman–Crippen MR) is 652 cm³/mol. The van der Waals surface area contributed by atoms with Gasteiger partial charge in [-0.15, -0.1) is 0 Å². The topological polar surface area (TPSA) is 24.6 Å². The number of rotatable bonds is 0. The number of fused-ring (bicyclic) bond motifs is 42. The zero-order valence-electron chi connectivity index (χ0n) is 89.3. The Balaban J connectivity index is 0.000000130. The van der Waals surface area contributed by atoms with Gasteiger partial charge in [-0.3, -0.25) is 0 Å². The fourth-order valence-corrected chi connectivity index (χ4v) is 22.3. The standard InChI is InChI=1S/3C25H17N.C23H15N.C21H15N.10C2H6/c1-26-23-13-7-6-12-20(23)24-22-15-17-9-3-2-8-16(17)14-21(22)18-10-4-5-11-19(18)25(24)26;1-26-22-13-7-6-12-21(22)24-23-17-9-3-2-8-16(17)14-15-19(23)18-10-4-5-11-20(18)25(24)26;1-26-22-13-7-6-12-20(22)24-21-15-14-16-8-2-3-9-17(16)23(21)18-10-4-5-11-19(18)25(24)26;1-24-19-11-3-2-8-16(19)22-17-9-4-6-14-12-13-15-7-5-10-18(23(22)24)21(15)20(14)17;1-22-19-13-7-6-12-18(19)20-16-10-4-2-8-14(16)15-9-3-5-11-17(15)21(20)22;10*1-2/h3*2-15H,1H3;2-13H,1H3;2-13H,1H3;10*1-2H3. The van der Waals surface area contributed by atoms with Gasteiger partial charge in [0.2, 0.25) is 0 Å². The highest BCUT2D eigenvalue weighted by Crippen LogP contribution is 2.50. The third-order valence-electron chi connectivity index (χ3n) is 27.5. The molecule has 0 spiro atoms. The Morgan fingerprint density at radius 2 is 0.299 bits per heavy atom. The maximum absolute atomic E-state index is 2.37. The highest BCUT2D eigenvalue weighted by Gasteiger charge is 2.24. The van der Waals surface area contributed by atoms with Crippen molar-refractivity contribution >= 4 is 260 Å². The Kier molecular flexibility index (Phi) is 33.0. The molecular weight excluding hydrogens is 1740 g/mol. The van der Waals surface area contributed by atoms with Gasteiger partial charge in [-0.2, -0.15) is 0 Å². The first kappa shape index (κ1) is 103. The molecule has 0 aliphatic heterocycles. The molecule has 0 amide bonds. The van der Waals surface area contributed by atoms with Gasteiger partial charge < -0.3 is 22.8 Å². The van der Waals surface area contributed by atoms with E-state index in [1.54, 1.807) is 0 Å². The molecular formula is C139H141N5. The lowest BCUT2D eigenvalue weighted by Gasteiger charge is -2.13. The van der Waals surface area contributed by atoms with Crippen LogP contribution in [0.3, 0.4) is 0 Å². The second-order valence-electron chi connectivity index (χ2n) is 33.8. The maximum atomic E-state index is 2.37. The highest BCUT2D eigenvalue weighted by molar-refractivity contribution is 6.41. The average Bonchev–Trinajstić information content (AvgIpc) is 1.38. The number of para-hydroxylation sites is 5. The van der Waals surface area contributed by atoms with Crippen molar-refractivity contribution in [2.75, 3.05) is 0 Å². The van der Waals surface area contributed by atoms with Gasteiger partial charge in [-0.05, 0) is 161 Å². The predicted octanol–water partition coefficient (Wildman–Crippen LogP) is 42.5. The minimum absolute atomic E-state index is 1.29. The smallest absolute Gasteiger partial charge is 0.0575 e. The molecule has 5 heterocycles. The first-order valence-electron chi connectivity index (χ1n) is 53.1. The minimum Gasteiger partial charge on any atom is -0.343 e. The zero-order valence-corrected chi connectivity index (χ0v) is 89.3. The Morgan fingerprint density at radius 1 is 0.104 bits per heavy atom. The van der Waals surface area contributed by atoms with Crippen LogP contribution in [0, 0.1) is 0 Å². The SMILES string of the molecule is CC.CC.CC.CC.CC.CC.CC.CC.CC.CC.Cn1c2ccccc2c2c3c4ccccc4ccc3c3ccccc3c21.Cn1c2ccccc2c2c3cc4ccccc4cc3c3ccccc3c21.Cn1c2ccccc2c2c3ccc4ccccc4c3c3ccccc3c21.Cn1c2ccccc2c2c3cccc4ccc5cccc(c5c43)c21.Cn1c2ccccc2c2c3ccccc3c3ccccc3c21. The molecule has 29 aromatic rings. The van der Waals surface area contributed by atoms with E-state index in [4.69, 9.17) is 0 Å². The first-order chi connectivity index (χ1) is 71.2. The maximum Gasteiger partial charge on any atom is 0.0575 e. The van der Waals surface area contributed by atoms with Gasteiger partial charge in [0, 0.05) is 149 Å². The number of nitrogens with zero attached hydrogens (tertiary/aromatic N) is 5. The Labute approximate surface area is 850 Å². The molecule has 0 unspecified atom stereocenters. The van der Waals surface area contributed by atoms with E-state index in [9.17, 15) is 0 Å². The van der Waals surface area contributed by atoms with Gasteiger partial charge in [0.15, 0.2) is 0 Å². The van der Waals surface area contributed by atoms with Crippen molar-refractivity contribution in [3.8, 4) is 0 Å². The highest BCUT2D eigenvalue weighted by atomic mass is 15.0. The third-order valence-corrected chi connectivity index (χ3v) is 27.5. The molecule has 5 heteroatoms. The van der Waals surface area contributed by atoms with Gasteiger partial charge >= 0.3 is 0 Å². The van der Waals surface area contributed by atoms with Crippen molar-refractivity contribution in [2.24, 2.45) is 35.2 Å². The van der Waals surface area contributed by atoms with Gasteiger partial charge in [0.25, 0.3) is 0 Å². The van der Waals surface area contributed by atoms with Crippen LogP contribution in [0.2, 0.25) is 0 Å². The van der Waals surface area contributed by atoms with Crippen LogP contribution in [0.4, 0.5) is 0 Å². The van der Waals surface area contributed by atoms with Crippen LogP contribution < -0.4 is 0 Å². The molecule has 0 saturated carbocycles. The molecule has 0 atom stereocenters. The Hall–Kier alpha value is -15.8. The first-order valence-corrected chi connectivity index (χ1v) is 53.1. The summed E-state index contributed by atoms with van der Waals surface area (Å²) >= 11 is 0. The summed E-state index contributed by atoms with van der Waals surface area (Å²) < 4.78 is 11.7. The number of aromatic nitrogens is 5. The van der Waals surface area contributed by atoms with Crippen LogP contribution in [0.25, 0.3) is 260 Å². The molecule has 144 heavy (non-hydrogen) atoms. The molecule has 0 fully saturated rings. The summed E-state index contributed by atoms with van der Waals surface area (Å²) in [5.74, 6) is 0. The van der Waals surface area contributed by atoms with Crippen LogP contribution in [0.5, 0.6) is 0 Å². The fourth-order valence-electron chi connectivity index (χ4n) is 22.3. The van der Waals surface area contributed by atoms with E-state index in [0.717, 1.165) is 0 Å². The normalized spacial score (nSPS) is 10.8. The van der Waals surface area contributed by atoms with Crippen molar-refractivity contribution in [1.29, 1.82) is 0 Å². The van der Waals surface area contributed by atoms with Crippen molar-refractivity contribution < 1.29 is 0 Å². The third kappa shape index (κ3) is 17.3. The van der Waals surface area contributed by atoms with Gasteiger partial charge in [0.1, 0.15) is 0 Å². The van der Waals surface area contributed by atoms with Gasteiger partial charge in [-0.1, -0.05) is 496 Å². The molecule has 0 aliphatic rings. The summed E-state index contributed by atoms with van der Waals surface area (Å²) in [7, 11) is 10.9. The molecule has 722 valence electrons. The lowest BCUT2D eigenvalue weighted by Crippen LogP contribution is -1.90.